The van der Waals surface area contributed by atoms with E-state index in [-0.39, 0.29) is 29.6 Å². The van der Waals surface area contributed by atoms with Gasteiger partial charge in [-0.1, -0.05) is 0 Å². The number of halogens is 5. The molecule has 66 valence electrons. The van der Waals surface area contributed by atoms with Crippen molar-refractivity contribution in [2.75, 3.05) is 6.67 Å². The van der Waals surface area contributed by atoms with E-state index in [9.17, 15) is 31.9 Å². The molecule has 0 saturated carbocycles. The molecule has 0 aromatic carbocycles. The second kappa shape index (κ2) is 4.38. The van der Waals surface area contributed by atoms with Gasteiger partial charge in [-0.3, -0.25) is 0 Å². The Bertz CT molecular complexity index is 171. The van der Waals surface area contributed by atoms with Crippen LogP contribution in [0.1, 0.15) is 0 Å². The van der Waals surface area contributed by atoms with Crippen LogP contribution >= 0.6 is 0 Å². The van der Waals surface area contributed by atoms with Crippen LogP contribution in [-0.2, 0) is 4.79 Å². The largest absolute Gasteiger partial charge is 1.00 e. The Kier molecular flexibility index (Phi) is 5.34. The van der Waals surface area contributed by atoms with Crippen molar-refractivity contribution in [1.29, 1.82) is 0 Å². The molecule has 0 rings (SSSR count). The Labute approximate surface area is 86.0 Å². The van der Waals surface area contributed by atoms with Crippen molar-refractivity contribution in [2.45, 2.75) is 11.8 Å². The van der Waals surface area contributed by atoms with Gasteiger partial charge in [0, 0.05) is 0 Å². The fourth-order valence-corrected chi connectivity index (χ4v) is 0.233. The summed E-state index contributed by atoms with van der Waals surface area (Å²) in [7, 11) is 0. The molecule has 0 aromatic rings. The number of hydrogen-bond acceptors (Lipinski definition) is 2. The van der Waals surface area contributed by atoms with Gasteiger partial charge in [0.15, 0.2) is 6.67 Å². The predicted molar refractivity (Wildman–Crippen MR) is 20.9 cm³/mol. The molecule has 0 bridgehead atoms. The van der Waals surface area contributed by atoms with Crippen LogP contribution in [0.4, 0.5) is 22.0 Å². The minimum atomic E-state index is -5.46. The summed E-state index contributed by atoms with van der Waals surface area (Å²) in [6, 6.07) is 0. The monoisotopic (exact) mass is 200 g/mol. The number of carboxylic acid groups (broad SMARTS) is 1. The smallest absolute Gasteiger partial charge is 0.544 e. The van der Waals surface area contributed by atoms with Crippen molar-refractivity contribution in [1.82, 2.24) is 0 Å². The minimum absolute atomic E-state index is 0. The number of carbonyl (C=O) groups excluding carboxylic acids is 1. The molecule has 0 aliphatic carbocycles. The van der Waals surface area contributed by atoms with E-state index in [2.05, 4.69) is 0 Å². The number of rotatable bonds is 3. The van der Waals surface area contributed by atoms with Gasteiger partial charge < -0.3 is 9.90 Å². The van der Waals surface area contributed by atoms with Gasteiger partial charge in [0.2, 0.25) is 0 Å². The van der Waals surface area contributed by atoms with Crippen LogP contribution in [0.25, 0.3) is 0 Å². The normalized spacial score (nSPS) is 12.1. The average molecular weight is 200 g/mol. The summed E-state index contributed by atoms with van der Waals surface area (Å²) in [5.74, 6) is -14.0. The maximum atomic E-state index is 11.7. The van der Waals surface area contributed by atoms with E-state index in [4.69, 9.17) is 0 Å². The molecule has 2 nitrogen and oxygen atoms in total. The average Bonchev–Trinajstić information content (AvgIpc) is 1.87. The van der Waals surface area contributed by atoms with Gasteiger partial charge in [-0.2, -0.15) is 17.6 Å². The molecular formula is C4H2F5NaO2. The van der Waals surface area contributed by atoms with Crippen LogP contribution in [0.15, 0.2) is 0 Å². The fourth-order valence-electron chi connectivity index (χ4n) is 0.233. The molecule has 0 amide bonds. The topological polar surface area (TPSA) is 40.1 Å². The van der Waals surface area contributed by atoms with Crippen molar-refractivity contribution >= 4 is 5.97 Å². The third-order valence-corrected chi connectivity index (χ3v) is 0.884. The first-order valence-corrected chi connectivity index (χ1v) is 2.28. The molecule has 0 atom stereocenters. The summed E-state index contributed by atoms with van der Waals surface area (Å²) < 4.78 is 57.7. The SMILES string of the molecule is O=C([O-])C(F)(F)C(F)(F)CF.[Na+]. The number of aliphatic carboxylic acids is 1. The van der Waals surface area contributed by atoms with Crippen molar-refractivity contribution in [2.24, 2.45) is 0 Å². The molecule has 8 heteroatoms. The Morgan fingerprint density at radius 3 is 1.67 bits per heavy atom. The first kappa shape index (κ1) is 14.6. The Hall–Kier alpha value is 0.120. The first-order valence-electron chi connectivity index (χ1n) is 2.28. The van der Waals surface area contributed by atoms with Crippen LogP contribution in [0.3, 0.4) is 0 Å². The van der Waals surface area contributed by atoms with Crippen LogP contribution < -0.4 is 34.7 Å². The minimum Gasteiger partial charge on any atom is -0.544 e. The van der Waals surface area contributed by atoms with Gasteiger partial charge in [0.05, 0.1) is 0 Å². The van der Waals surface area contributed by atoms with E-state index < -0.39 is 24.5 Å². The summed E-state index contributed by atoms with van der Waals surface area (Å²) in [6.07, 6.45) is 0. The van der Waals surface area contributed by atoms with Gasteiger partial charge in [-0.25, -0.2) is 4.39 Å². The maximum absolute atomic E-state index is 11.7. The van der Waals surface area contributed by atoms with Gasteiger partial charge in [-0.15, -0.1) is 0 Å². The zero-order valence-electron chi connectivity index (χ0n) is 5.91. The standard InChI is InChI=1S/C4H3F5O2.Na/c5-1-3(6,7)4(8,9)2(10)11;/h1H2,(H,10,11);/q;+1/p-1. The van der Waals surface area contributed by atoms with E-state index in [0.717, 1.165) is 0 Å². The molecule has 0 fully saturated rings. The summed E-state index contributed by atoms with van der Waals surface area (Å²) >= 11 is 0. The Balaban J connectivity index is 0. The molecule has 0 aromatic heterocycles. The maximum Gasteiger partial charge on any atom is 1.00 e. The van der Waals surface area contributed by atoms with Gasteiger partial charge in [0.25, 0.3) is 0 Å². The summed E-state index contributed by atoms with van der Waals surface area (Å²) in [6.45, 7) is -2.74. The second-order valence-electron chi connectivity index (χ2n) is 1.70. The molecule has 0 aliphatic heterocycles. The van der Waals surface area contributed by atoms with Gasteiger partial charge in [-0.05, 0) is 0 Å². The fraction of sp³-hybridized carbons (Fsp3) is 0.750. The third kappa shape index (κ3) is 2.56. The number of carboxylic acids is 1. The second-order valence-corrected chi connectivity index (χ2v) is 1.70. The molecular weight excluding hydrogens is 198 g/mol. The van der Waals surface area contributed by atoms with Crippen molar-refractivity contribution < 1.29 is 61.4 Å². The molecule has 0 heterocycles. The summed E-state index contributed by atoms with van der Waals surface area (Å²) in [5, 5.41) is 9.32. The number of alkyl halides is 5. The molecule has 12 heavy (non-hydrogen) atoms. The first-order chi connectivity index (χ1) is 4.75. The zero-order valence-corrected chi connectivity index (χ0v) is 7.91. The molecule has 0 spiro atoms. The van der Waals surface area contributed by atoms with E-state index in [1.807, 2.05) is 0 Å². The molecule has 0 radical (unpaired) electrons. The van der Waals surface area contributed by atoms with Crippen molar-refractivity contribution in [3.05, 3.63) is 0 Å². The molecule has 0 N–H and O–H groups in total. The predicted octanol–water partition coefficient (Wildman–Crippen LogP) is -3.02. The van der Waals surface area contributed by atoms with Crippen molar-refractivity contribution in [3.63, 3.8) is 0 Å². The van der Waals surface area contributed by atoms with E-state index in [1.54, 1.807) is 0 Å². The summed E-state index contributed by atoms with van der Waals surface area (Å²) in [5.41, 5.74) is 0. The number of hydrogen-bond donors (Lipinski definition) is 0. The van der Waals surface area contributed by atoms with Crippen LogP contribution in [-0.4, -0.2) is 24.5 Å². The number of carbonyl (C=O) groups is 1. The van der Waals surface area contributed by atoms with Gasteiger partial charge >= 0.3 is 41.4 Å². The van der Waals surface area contributed by atoms with Gasteiger partial charge in [0.1, 0.15) is 5.97 Å². The third-order valence-electron chi connectivity index (χ3n) is 0.884. The molecule has 0 aliphatic rings. The van der Waals surface area contributed by atoms with E-state index in [1.165, 1.54) is 0 Å². The molecule has 0 saturated heterocycles. The molecule has 0 unspecified atom stereocenters. The van der Waals surface area contributed by atoms with Crippen LogP contribution in [0.2, 0.25) is 0 Å². The zero-order chi connectivity index (χ0) is 9.28. The van der Waals surface area contributed by atoms with Crippen LogP contribution in [0.5, 0.6) is 0 Å². The summed E-state index contributed by atoms with van der Waals surface area (Å²) in [4.78, 5) is 9.32. The van der Waals surface area contributed by atoms with Crippen LogP contribution in [0, 0.1) is 0 Å². The van der Waals surface area contributed by atoms with E-state index in [0.29, 0.717) is 0 Å². The Morgan fingerprint density at radius 2 is 1.58 bits per heavy atom. The Morgan fingerprint density at radius 1 is 1.25 bits per heavy atom. The van der Waals surface area contributed by atoms with E-state index >= 15 is 0 Å². The van der Waals surface area contributed by atoms with Crippen molar-refractivity contribution in [3.8, 4) is 0 Å². The quantitative estimate of drug-likeness (QED) is 0.359.